The number of alkyl halides is 3. The quantitative estimate of drug-likeness (QED) is 0.265. The van der Waals surface area contributed by atoms with Gasteiger partial charge in [-0.1, -0.05) is 29.8 Å². The fraction of sp³-hybridized carbons (Fsp3) is 0.259. The Kier molecular flexibility index (Phi) is 7.66. The molecule has 1 heterocycles. The van der Waals surface area contributed by atoms with Crippen molar-refractivity contribution in [1.82, 2.24) is 14.7 Å². The number of anilines is 1. The minimum absolute atomic E-state index is 0.0814. The van der Waals surface area contributed by atoms with Gasteiger partial charge in [0, 0.05) is 17.6 Å². The van der Waals surface area contributed by atoms with Gasteiger partial charge in [-0.05, 0) is 61.9 Å². The molecule has 0 fully saturated rings. The first kappa shape index (κ1) is 27.4. The van der Waals surface area contributed by atoms with Crippen molar-refractivity contribution >= 4 is 34.1 Å². The van der Waals surface area contributed by atoms with E-state index in [0.29, 0.717) is 27.8 Å². The largest absolute Gasteiger partial charge is 0.420 e. The highest BCUT2D eigenvalue weighted by Crippen LogP contribution is 2.34. The molecule has 1 atom stereocenters. The van der Waals surface area contributed by atoms with Gasteiger partial charge < -0.3 is 15.3 Å². The topological polar surface area (TPSA) is 70.4 Å². The zero-order valence-electron chi connectivity index (χ0n) is 20.6. The molecule has 0 saturated carbocycles. The predicted molar refractivity (Wildman–Crippen MR) is 138 cm³/mol. The van der Waals surface area contributed by atoms with Crippen LogP contribution in [-0.4, -0.2) is 57.1 Å². The van der Waals surface area contributed by atoms with E-state index in [1.165, 1.54) is 48.1 Å². The van der Waals surface area contributed by atoms with Gasteiger partial charge in [-0.15, -0.1) is 0 Å². The van der Waals surface area contributed by atoms with Gasteiger partial charge in [-0.2, -0.15) is 18.3 Å². The minimum atomic E-state index is -5.06. The Morgan fingerprint density at radius 1 is 1.11 bits per heavy atom. The van der Waals surface area contributed by atoms with Crippen LogP contribution in [0.2, 0.25) is 5.02 Å². The molecule has 0 saturated heterocycles. The lowest BCUT2D eigenvalue weighted by Gasteiger charge is -2.36. The van der Waals surface area contributed by atoms with E-state index in [4.69, 9.17) is 11.6 Å². The van der Waals surface area contributed by atoms with Gasteiger partial charge in [0.15, 0.2) is 5.60 Å². The van der Waals surface area contributed by atoms with Crippen molar-refractivity contribution in [3.8, 4) is 5.69 Å². The molecule has 0 aliphatic heterocycles. The Bertz CT molecular complexity index is 1440. The number of aliphatic hydroxyl groups is 1. The normalized spacial score (nSPS) is 13.4. The van der Waals surface area contributed by atoms with E-state index < -0.39 is 36.6 Å². The molecule has 0 aliphatic carbocycles. The molecule has 4 aromatic rings. The Morgan fingerprint density at radius 3 is 2.42 bits per heavy atom. The predicted octanol–water partition coefficient (Wildman–Crippen LogP) is 5.99. The molecule has 38 heavy (non-hydrogen) atoms. The van der Waals surface area contributed by atoms with Gasteiger partial charge in [0.2, 0.25) is 0 Å². The molecule has 6 nitrogen and oxygen atoms in total. The van der Waals surface area contributed by atoms with Crippen LogP contribution in [0, 0.1) is 12.7 Å². The van der Waals surface area contributed by atoms with Gasteiger partial charge in [-0.25, -0.2) is 9.07 Å². The summed E-state index contributed by atoms with van der Waals surface area (Å²) in [4.78, 5) is 14.1. The molecule has 11 heteroatoms. The van der Waals surface area contributed by atoms with Crippen molar-refractivity contribution in [3.63, 3.8) is 0 Å². The number of aromatic nitrogens is 2. The summed E-state index contributed by atoms with van der Waals surface area (Å²) < 4.78 is 57.5. The van der Waals surface area contributed by atoms with Crippen molar-refractivity contribution in [2.24, 2.45) is 0 Å². The first-order valence-corrected chi connectivity index (χ1v) is 12.1. The van der Waals surface area contributed by atoms with E-state index in [0.717, 1.165) is 4.90 Å². The summed E-state index contributed by atoms with van der Waals surface area (Å²) in [6.07, 6.45) is -3.59. The Morgan fingerprint density at radius 2 is 1.79 bits per heavy atom. The van der Waals surface area contributed by atoms with E-state index in [1.54, 1.807) is 37.3 Å². The number of rotatable bonds is 8. The number of fused-ring (bicyclic) bond motifs is 1. The highest BCUT2D eigenvalue weighted by atomic mass is 35.5. The molecule has 0 spiro atoms. The monoisotopic (exact) mass is 548 g/mol. The second kappa shape index (κ2) is 10.6. The van der Waals surface area contributed by atoms with Gasteiger partial charge in [0.25, 0.3) is 5.91 Å². The summed E-state index contributed by atoms with van der Waals surface area (Å²) in [5.74, 6) is -1.12. The Balaban J connectivity index is 1.61. The van der Waals surface area contributed by atoms with E-state index >= 15 is 0 Å². The van der Waals surface area contributed by atoms with Crippen LogP contribution in [-0.2, 0) is 0 Å². The molecule has 3 aromatic carbocycles. The van der Waals surface area contributed by atoms with Crippen LogP contribution in [0.15, 0.2) is 66.9 Å². The van der Waals surface area contributed by atoms with Crippen LogP contribution in [0.25, 0.3) is 16.6 Å². The molecule has 0 aliphatic rings. The number of hydrogen-bond acceptors (Lipinski definition) is 4. The molecular weight excluding hydrogens is 524 g/mol. The lowest BCUT2D eigenvalue weighted by Crippen LogP contribution is -2.58. The van der Waals surface area contributed by atoms with Crippen LogP contribution in [0.5, 0.6) is 0 Å². The second-order valence-electron chi connectivity index (χ2n) is 8.91. The summed E-state index contributed by atoms with van der Waals surface area (Å²) in [7, 11) is 0. The third-order valence-corrected chi connectivity index (χ3v) is 6.66. The maximum absolute atomic E-state index is 14.2. The first-order chi connectivity index (χ1) is 17.9. The molecule has 1 unspecified atom stereocenters. The number of hydrogen-bond donors (Lipinski definition) is 2. The molecule has 1 aromatic heterocycles. The van der Waals surface area contributed by atoms with Crippen molar-refractivity contribution in [2.75, 3.05) is 25.0 Å². The molecule has 2 N–H and O–H groups in total. The highest BCUT2D eigenvalue weighted by Gasteiger charge is 2.55. The average Bonchev–Trinajstić information content (AvgIpc) is 3.30. The van der Waals surface area contributed by atoms with E-state index in [1.807, 2.05) is 0 Å². The minimum Gasteiger partial charge on any atom is -0.381 e. The fourth-order valence-corrected chi connectivity index (χ4v) is 4.49. The number of nitrogens with zero attached hydrogens (tertiary/aromatic N) is 3. The number of carbonyl (C=O) groups is 1. The third-order valence-electron chi connectivity index (χ3n) is 6.34. The maximum Gasteiger partial charge on any atom is 0.420 e. The molecule has 1 amide bonds. The lowest BCUT2D eigenvalue weighted by atomic mass is 10.0. The van der Waals surface area contributed by atoms with E-state index in [2.05, 4.69) is 10.4 Å². The molecule has 0 bridgehead atoms. The summed E-state index contributed by atoms with van der Waals surface area (Å²) in [5.41, 5.74) is -1.24. The SMILES string of the molecule is CCN(CC(O)(CNc1cccc2c1cnn2-c1ccc(F)cc1)C(F)(F)F)C(=O)c1c(C)cccc1Cl. The second-order valence-corrected chi connectivity index (χ2v) is 9.31. The molecule has 200 valence electrons. The zero-order chi connectivity index (χ0) is 27.7. The summed E-state index contributed by atoms with van der Waals surface area (Å²) >= 11 is 6.17. The van der Waals surface area contributed by atoms with Crippen LogP contribution >= 0.6 is 11.6 Å². The number of nitrogens with one attached hydrogen (secondary N) is 1. The standard InChI is InChI=1S/C27H25ClF4N4O2/c1-3-35(25(37)24-17(2)6-4-7-21(24)28)16-26(38,27(30,31)32)15-33-22-8-5-9-23-20(22)14-34-36(23)19-12-10-18(29)11-13-19/h4-14,33,38H,3,15-16H2,1-2H3. The Hall–Kier alpha value is -3.63. The zero-order valence-corrected chi connectivity index (χ0v) is 21.3. The molecular formula is C27H25ClF4N4O2. The van der Waals surface area contributed by atoms with Crippen molar-refractivity contribution in [1.29, 1.82) is 0 Å². The number of likely N-dealkylation sites (N-methyl/N-ethyl adjacent to an activating group) is 1. The van der Waals surface area contributed by atoms with Crippen molar-refractivity contribution in [3.05, 3.63) is 88.8 Å². The summed E-state index contributed by atoms with van der Waals surface area (Å²) in [6, 6.07) is 15.3. The number of amides is 1. The number of halogens is 5. The average molecular weight is 549 g/mol. The smallest absolute Gasteiger partial charge is 0.381 e. The third kappa shape index (κ3) is 5.32. The van der Waals surface area contributed by atoms with Gasteiger partial charge in [0.1, 0.15) is 5.82 Å². The summed E-state index contributed by atoms with van der Waals surface area (Å²) in [6.45, 7) is 1.15. The van der Waals surface area contributed by atoms with Crippen LogP contribution < -0.4 is 5.32 Å². The first-order valence-electron chi connectivity index (χ1n) is 11.7. The molecule has 0 radical (unpaired) electrons. The fourth-order valence-electron chi connectivity index (χ4n) is 4.18. The van der Waals surface area contributed by atoms with Gasteiger partial charge in [-0.3, -0.25) is 4.79 Å². The van der Waals surface area contributed by atoms with Crippen LogP contribution in [0.3, 0.4) is 0 Å². The number of aryl methyl sites for hydroxylation is 1. The van der Waals surface area contributed by atoms with Crippen molar-refractivity contribution in [2.45, 2.75) is 25.6 Å². The Labute approximate surface area is 221 Å². The number of carbonyl (C=O) groups excluding carboxylic acids is 1. The van der Waals surface area contributed by atoms with Gasteiger partial charge >= 0.3 is 6.18 Å². The van der Waals surface area contributed by atoms with Crippen LogP contribution in [0.1, 0.15) is 22.8 Å². The number of benzene rings is 3. The lowest BCUT2D eigenvalue weighted by molar-refractivity contribution is -0.257. The van der Waals surface area contributed by atoms with E-state index in [9.17, 15) is 27.5 Å². The van der Waals surface area contributed by atoms with Gasteiger partial charge in [0.05, 0.1) is 41.1 Å². The van der Waals surface area contributed by atoms with Crippen LogP contribution in [0.4, 0.5) is 23.2 Å². The summed E-state index contributed by atoms with van der Waals surface area (Å²) in [5, 5.41) is 18.5. The molecule has 4 rings (SSSR count). The highest BCUT2D eigenvalue weighted by molar-refractivity contribution is 6.34. The maximum atomic E-state index is 14.2. The van der Waals surface area contributed by atoms with Crippen molar-refractivity contribution < 1.29 is 27.5 Å². The van der Waals surface area contributed by atoms with E-state index in [-0.39, 0.29) is 17.1 Å².